The van der Waals surface area contributed by atoms with Gasteiger partial charge < -0.3 is 14.6 Å². The van der Waals surface area contributed by atoms with Gasteiger partial charge in [-0.25, -0.2) is 18.8 Å². The van der Waals surface area contributed by atoms with E-state index in [2.05, 4.69) is 26.8 Å². The number of nitrogens with zero attached hydrogens (tertiary/aromatic N) is 1. The number of hydrogen-bond acceptors (Lipinski definition) is 8. The van der Waals surface area contributed by atoms with E-state index in [1.165, 1.54) is 0 Å². The first-order valence-corrected chi connectivity index (χ1v) is 16.3. The molecule has 3 N–H and O–H groups in total. The van der Waals surface area contributed by atoms with Gasteiger partial charge in [-0.05, 0) is 60.0 Å². The summed E-state index contributed by atoms with van der Waals surface area (Å²) in [6.07, 6.45) is -0.500. The average molecular weight is 659 g/mol. The number of ether oxygens (including phenoxy) is 2. The third-order valence-electron chi connectivity index (χ3n) is 6.77. The Morgan fingerprint density at radius 3 is 2.40 bits per heavy atom. The van der Waals surface area contributed by atoms with Crippen LogP contribution in [0.2, 0.25) is 0 Å². The highest BCUT2D eigenvalue weighted by Crippen LogP contribution is 2.43. The molecule has 224 valence electrons. The maximum absolute atomic E-state index is 14.0. The summed E-state index contributed by atoms with van der Waals surface area (Å²) in [5.41, 5.74) is 5.44. The van der Waals surface area contributed by atoms with Crippen LogP contribution in [0.3, 0.4) is 0 Å². The van der Waals surface area contributed by atoms with Gasteiger partial charge in [-0.15, -0.1) is 0 Å². The SMILES string of the molecule is CC(C)CNNC(=O)[C@@]1(CCS(=O)(=O)c2ccccc2)N=C(c2ccc(OCCCO)cc2)O[C@H]1c1ccc(Br)cc1. The Morgan fingerprint density at radius 1 is 1.07 bits per heavy atom. The van der Waals surface area contributed by atoms with Crippen molar-refractivity contribution in [1.82, 2.24) is 10.9 Å². The molecular weight excluding hydrogens is 622 g/mol. The first-order chi connectivity index (χ1) is 20.1. The maximum atomic E-state index is 14.0. The highest BCUT2D eigenvalue weighted by atomic mass is 79.9. The van der Waals surface area contributed by atoms with E-state index in [1.54, 1.807) is 54.6 Å². The van der Waals surface area contributed by atoms with Gasteiger partial charge in [0.05, 0.1) is 17.3 Å². The minimum Gasteiger partial charge on any atom is -0.494 e. The van der Waals surface area contributed by atoms with Gasteiger partial charge in [-0.3, -0.25) is 10.2 Å². The number of benzene rings is 3. The van der Waals surface area contributed by atoms with Crippen LogP contribution in [0.5, 0.6) is 5.75 Å². The number of nitrogens with one attached hydrogen (secondary N) is 2. The van der Waals surface area contributed by atoms with Gasteiger partial charge in [0.25, 0.3) is 5.91 Å². The number of rotatable bonds is 14. The lowest BCUT2D eigenvalue weighted by atomic mass is 9.85. The molecule has 0 radical (unpaired) electrons. The summed E-state index contributed by atoms with van der Waals surface area (Å²) < 4.78 is 39.7. The quantitative estimate of drug-likeness (QED) is 0.171. The fraction of sp³-hybridized carbons (Fsp3) is 0.355. The molecule has 11 heteroatoms. The molecule has 1 aliphatic rings. The smallest absolute Gasteiger partial charge is 0.266 e. The van der Waals surface area contributed by atoms with Crippen molar-refractivity contribution in [2.24, 2.45) is 10.9 Å². The summed E-state index contributed by atoms with van der Waals surface area (Å²) in [5, 5.41) is 9.01. The molecule has 4 rings (SSSR count). The van der Waals surface area contributed by atoms with Gasteiger partial charge in [0.1, 0.15) is 5.75 Å². The second-order valence-corrected chi connectivity index (χ2v) is 13.5. The number of hydrogen-bond donors (Lipinski definition) is 3. The molecule has 0 spiro atoms. The first-order valence-electron chi connectivity index (χ1n) is 13.8. The molecule has 1 aliphatic heterocycles. The molecule has 0 bridgehead atoms. The van der Waals surface area contributed by atoms with E-state index in [0.717, 1.165) is 4.47 Å². The van der Waals surface area contributed by atoms with Gasteiger partial charge >= 0.3 is 0 Å². The monoisotopic (exact) mass is 657 g/mol. The van der Waals surface area contributed by atoms with Crippen LogP contribution in [0.4, 0.5) is 0 Å². The third kappa shape index (κ3) is 7.77. The number of halogens is 1. The zero-order chi connectivity index (χ0) is 30.2. The van der Waals surface area contributed by atoms with E-state index in [4.69, 9.17) is 19.6 Å². The van der Waals surface area contributed by atoms with Crippen molar-refractivity contribution in [3.63, 3.8) is 0 Å². The number of carbonyl (C=O) groups is 1. The molecule has 9 nitrogen and oxygen atoms in total. The fourth-order valence-corrected chi connectivity index (χ4v) is 6.14. The van der Waals surface area contributed by atoms with Crippen LogP contribution in [0.15, 0.2) is 93.2 Å². The molecule has 0 saturated carbocycles. The zero-order valence-electron chi connectivity index (χ0n) is 23.6. The molecule has 3 aromatic carbocycles. The van der Waals surface area contributed by atoms with Crippen molar-refractivity contribution < 1.29 is 27.8 Å². The Kier molecular flexibility index (Phi) is 10.8. The maximum Gasteiger partial charge on any atom is 0.266 e. The summed E-state index contributed by atoms with van der Waals surface area (Å²) in [6.45, 7) is 4.95. The summed E-state index contributed by atoms with van der Waals surface area (Å²) >= 11 is 3.46. The molecule has 2 atom stereocenters. The number of sulfone groups is 1. The van der Waals surface area contributed by atoms with Crippen molar-refractivity contribution in [2.45, 2.75) is 43.2 Å². The normalized spacial score (nSPS) is 18.4. The van der Waals surface area contributed by atoms with Gasteiger partial charge in [-0.1, -0.05) is 60.1 Å². The lowest BCUT2D eigenvalue weighted by molar-refractivity contribution is -0.130. The molecule has 0 unspecified atom stereocenters. The Balaban J connectivity index is 1.74. The number of hydrazine groups is 1. The van der Waals surface area contributed by atoms with Crippen LogP contribution in [-0.4, -0.2) is 56.4 Å². The molecule has 1 amide bonds. The first kappa shape index (κ1) is 31.7. The standard InChI is InChI=1S/C31H36BrN3O6S/c1-22(2)21-33-35-30(37)31(17-20-42(38,39)27-7-4-3-5-8-27)28(23-9-13-25(32)14-10-23)41-29(34-31)24-11-15-26(16-12-24)40-19-6-18-36/h3-5,7-16,22,28,33,36H,6,17-21H2,1-2H3,(H,35,37)/t28-,31-/m0/s1. The van der Waals surface area contributed by atoms with Crippen molar-refractivity contribution in [3.05, 3.63) is 94.5 Å². The predicted molar refractivity (Wildman–Crippen MR) is 165 cm³/mol. The second-order valence-electron chi connectivity index (χ2n) is 10.5. The molecule has 1 heterocycles. The fourth-order valence-electron chi connectivity index (χ4n) is 4.49. The van der Waals surface area contributed by atoms with Gasteiger partial charge in [0.15, 0.2) is 21.5 Å². The van der Waals surface area contributed by atoms with E-state index in [1.807, 2.05) is 38.1 Å². The molecule has 0 fully saturated rings. The largest absolute Gasteiger partial charge is 0.494 e. The molecule has 0 saturated heterocycles. The average Bonchev–Trinajstić information content (AvgIpc) is 3.38. The lowest BCUT2D eigenvalue weighted by Gasteiger charge is -2.30. The predicted octanol–water partition coefficient (Wildman–Crippen LogP) is 4.61. The highest BCUT2D eigenvalue weighted by molar-refractivity contribution is 9.10. The molecule has 3 aromatic rings. The van der Waals surface area contributed by atoms with Crippen molar-refractivity contribution in [1.29, 1.82) is 0 Å². The Labute approximate surface area is 255 Å². The summed E-state index contributed by atoms with van der Waals surface area (Å²) in [5.74, 6) is 0.295. The minimum atomic E-state index is -3.73. The zero-order valence-corrected chi connectivity index (χ0v) is 26.0. The number of aliphatic hydroxyl groups is 1. The molecule has 0 aliphatic carbocycles. The number of aliphatic imine (C=N–C) groups is 1. The van der Waals surface area contributed by atoms with E-state index < -0.39 is 27.4 Å². The van der Waals surface area contributed by atoms with E-state index in [0.29, 0.717) is 36.4 Å². The second kappa shape index (κ2) is 14.3. The van der Waals surface area contributed by atoms with Crippen LogP contribution in [-0.2, 0) is 19.4 Å². The van der Waals surface area contributed by atoms with Crippen LogP contribution >= 0.6 is 15.9 Å². The Hall–Kier alpha value is -3.25. The van der Waals surface area contributed by atoms with Crippen molar-refractivity contribution in [3.8, 4) is 5.75 Å². The van der Waals surface area contributed by atoms with Gasteiger partial charge in [0, 0.05) is 36.0 Å². The van der Waals surface area contributed by atoms with E-state index in [-0.39, 0.29) is 35.5 Å². The topological polar surface area (TPSA) is 126 Å². The Bertz CT molecular complexity index is 1460. The number of carbonyl (C=O) groups excluding carboxylic acids is 1. The van der Waals surface area contributed by atoms with E-state index in [9.17, 15) is 13.2 Å². The summed E-state index contributed by atoms with van der Waals surface area (Å²) in [6, 6.07) is 22.6. The molecular formula is C31H36BrN3O6S. The van der Waals surface area contributed by atoms with Crippen LogP contribution in [0.1, 0.15) is 43.9 Å². The van der Waals surface area contributed by atoms with Crippen LogP contribution < -0.4 is 15.6 Å². The summed E-state index contributed by atoms with van der Waals surface area (Å²) in [7, 11) is -3.73. The van der Waals surface area contributed by atoms with Gasteiger partial charge in [-0.2, -0.15) is 0 Å². The van der Waals surface area contributed by atoms with Crippen molar-refractivity contribution in [2.75, 3.05) is 25.5 Å². The minimum absolute atomic E-state index is 0.0380. The van der Waals surface area contributed by atoms with Crippen molar-refractivity contribution >= 4 is 37.6 Å². The summed E-state index contributed by atoms with van der Waals surface area (Å²) in [4.78, 5) is 19.1. The number of aliphatic hydroxyl groups excluding tert-OH is 1. The van der Waals surface area contributed by atoms with Crippen LogP contribution in [0.25, 0.3) is 0 Å². The van der Waals surface area contributed by atoms with Crippen LogP contribution in [0, 0.1) is 5.92 Å². The molecule has 42 heavy (non-hydrogen) atoms. The number of amides is 1. The molecule has 0 aromatic heterocycles. The van der Waals surface area contributed by atoms with E-state index >= 15 is 0 Å². The Morgan fingerprint density at radius 2 is 1.76 bits per heavy atom. The third-order valence-corrected chi connectivity index (χ3v) is 9.03. The van der Waals surface area contributed by atoms with Gasteiger partial charge in [0.2, 0.25) is 5.90 Å². The lowest BCUT2D eigenvalue weighted by Crippen LogP contribution is -2.54. The highest BCUT2D eigenvalue weighted by Gasteiger charge is 2.53.